The zero-order valence-corrected chi connectivity index (χ0v) is 22.1. The molecular formula is C23H32N4O7S2. The summed E-state index contributed by atoms with van der Waals surface area (Å²) >= 11 is 0. The number of nitrogens with zero attached hydrogens (tertiary/aromatic N) is 4. The van der Waals surface area contributed by atoms with Crippen LogP contribution in [0.3, 0.4) is 0 Å². The van der Waals surface area contributed by atoms with E-state index in [1.54, 1.807) is 4.90 Å². The van der Waals surface area contributed by atoms with Crippen LogP contribution in [0.4, 0.5) is 11.4 Å². The fraction of sp³-hybridized carbons (Fsp3) is 0.478. The summed E-state index contributed by atoms with van der Waals surface area (Å²) in [5, 5.41) is 11.5. The molecule has 0 N–H and O–H groups in total. The van der Waals surface area contributed by atoms with Crippen LogP contribution in [0.15, 0.2) is 53.4 Å². The van der Waals surface area contributed by atoms with E-state index in [2.05, 4.69) is 4.90 Å². The summed E-state index contributed by atoms with van der Waals surface area (Å²) in [6.07, 6.45) is 1.59. The number of rotatable bonds is 12. The van der Waals surface area contributed by atoms with Gasteiger partial charge in [-0.1, -0.05) is 37.3 Å². The molecule has 0 bridgehead atoms. The van der Waals surface area contributed by atoms with Gasteiger partial charge in [0.1, 0.15) is 4.90 Å². The number of sulfonamides is 1. The molecule has 1 fully saturated rings. The Kier molecular flexibility index (Phi) is 9.41. The van der Waals surface area contributed by atoms with Crippen LogP contribution in [-0.4, -0.2) is 83.1 Å². The second kappa shape index (κ2) is 12.1. The van der Waals surface area contributed by atoms with E-state index < -0.39 is 25.1 Å². The van der Waals surface area contributed by atoms with E-state index in [1.165, 1.54) is 16.4 Å². The van der Waals surface area contributed by atoms with Gasteiger partial charge in [0.25, 0.3) is 15.8 Å². The highest BCUT2D eigenvalue weighted by Crippen LogP contribution is 2.32. The number of hydrogen-bond acceptors (Lipinski definition) is 9. The van der Waals surface area contributed by atoms with Crippen molar-refractivity contribution in [3.63, 3.8) is 0 Å². The van der Waals surface area contributed by atoms with Crippen LogP contribution in [0.5, 0.6) is 0 Å². The Morgan fingerprint density at radius 3 is 2.25 bits per heavy atom. The highest BCUT2D eigenvalue weighted by Gasteiger charge is 2.33. The summed E-state index contributed by atoms with van der Waals surface area (Å²) in [6.45, 7) is 4.51. The molecule has 0 spiro atoms. The van der Waals surface area contributed by atoms with Crippen LogP contribution >= 0.6 is 0 Å². The minimum Gasteiger partial charge on any atom is -0.368 e. The quantitative estimate of drug-likeness (QED) is 0.226. The van der Waals surface area contributed by atoms with Crippen molar-refractivity contribution in [3.8, 4) is 0 Å². The van der Waals surface area contributed by atoms with Crippen molar-refractivity contribution in [2.75, 3.05) is 57.0 Å². The third-order valence-electron chi connectivity index (χ3n) is 5.85. The van der Waals surface area contributed by atoms with E-state index in [0.717, 1.165) is 17.9 Å². The molecule has 13 heteroatoms. The summed E-state index contributed by atoms with van der Waals surface area (Å²) < 4.78 is 56.4. The molecule has 0 atom stereocenters. The second-order valence-corrected chi connectivity index (χ2v) is 12.1. The van der Waals surface area contributed by atoms with Gasteiger partial charge < -0.3 is 4.90 Å². The molecule has 0 unspecified atom stereocenters. The van der Waals surface area contributed by atoms with Crippen molar-refractivity contribution in [2.45, 2.75) is 24.8 Å². The zero-order valence-electron chi connectivity index (χ0n) is 20.4. The Morgan fingerprint density at radius 2 is 1.67 bits per heavy atom. The molecule has 11 nitrogen and oxygen atoms in total. The lowest BCUT2D eigenvalue weighted by atomic mass is 10.2. The van der Waals surface area contributed by atoms with E-state index in [-0.39, 0.29) is 42.5 Å². The summed E-state index contributed by atoms with van der Waals surface area (Å²) in [4.78, 5) is 14.5. The van der Waals surface area contributed by atoms with Gasteiger partial charge in [-0.2, -0.15) is 12.7 Å². The maximum absolute atomic E-state index is 13.7. The van der Waals surface area contributed by atoms with E-state index in [1.807, 2.05) is 37.3 Å². The van der Waals surface area contributed by atoms with Crippen LogP contribution in [0.1, 0.15) is 18.9 Å². The number of non-ortho nitro benzene ring substituents is 1. The first kappa shape index (κ1) is 28.0. The van der Waals surface area contributed by atoms with E-state index >= 15 is 0 Å². The van der Waals surface area contributed by atoms with Gasteiger partial charge in [0.2, 0.25) is 10.0 Å². The Balaban J connectivity index is 1.85. The summed E-state index contributed by atoms with van der Waals surface area (Å²) in [5.41, 5.74) is 1.09. The molecule has 0 saturated carbocycles. The number of nitro groups is 1. The van der Waals surface area contributed by atoms with Crippen molar-refractivity contribution in [1.82, 2.24) is 9.21 Å². The first-order valence-electron chi connectivity index (χ1n) is 11.7. The lowest BCUT2D eigenvalue weighted by Crippen LogP contribution is -2.48. The van der Waals surface area contributed by atoms with Crippen LogP contribution < -0.4 is 4.90 Å². The number of anilines is 1. The normalized spacial score (nSPS) is 15.6. The maximum atomic E-state index is 13.7. The maximum Gasteiger partial charge on any atom is 0.270 e. The van der Waals surface area contributed by atoms with E-state index in [0.29, 0.717) is 32.6 Å². The smallest absolute Gasteiger partial charge is 0.270 e. The Hall–Kier alpha value is -2.58. The second-order valence-electron chi connectivity index (χ2n) is 8.59. The Labute approximate surface area is 212 Å². The monoisotopic (exact) mass is 540 g/mol. The molecule has 1 heterocycles. The molecule has 198 valence electrons. The van der Waals surface area contributed by atoms with E-state index in [4.69, 9.17) is 4.18 Å². The van der Waals surface area contributed by atoms with Crippen molar-refractivity contribution in [1.29, 1.82) is 0 Å². The Bertz CT molecular complexity index is 1250. The van der Waals surface area contributed by atoms with Gasteiger partial charge in [-0.3, -0.25) is 19.2 Å². The molecule has 0 aliphatic carbocycles. The average molecular weight is 541 g/mol. The standard InChI is InChI=1S/C23H32N4O7S2/c1-3-11-25(16-17-34-35(2,30)31)22-10-9-21(27(28)29)18-23(22)36(32,33)26-14-12-24(13-15-26)19-20-7-5-4-6-8-20/h4-10,18H,3,11-17,19H2,1-2H3. The molecule has 0 aromatic heterocycles. The van der Waals surface area contributed by atoms with Crippen LogP contribution in [0.25, 0.3) is 0 Å². The SMILES string of the molecule is CCCN(CCOS(C)(=O)=O)c1ccc([N+](=O)[O-])cc1S(=O)(=O)N1CCN(Cc2ccccc2)CC1. The minimum absolute atomic E-state index is 0.103. The third kappa shape index (κ3) is 7.46. The molecule has 0 amide bonds. The molecule has 1 aliphatic heterocycles. The molecule has 1 aliphatic rings. The first-order chi connectivity index (χ1) is 17.0. The fourth-order valence-electron chi connectivity index (χ4n) is 4.11. The predicted molar refractivity (Wildman–Crippen MR) is 137 cm³/mol. The van der Waals surface area contributed by atoms with Gasteiger partial charge in [-0.05, 0) is 18.1 Å². The number of hydrogen-bond donors (Lipinski definition) is 0. The number of benzene rings is 2. The third-order valence-corrected chi connectivity index (χ3v) is 8.37. The van der Waals surface area contributed by atoms with Crippen molar-refractivity contribution < 1.29 is 25.9 Å². The number of piperazine rings is 1. The lowest BCUT2D eigenvalue weighted by Gasteiger charge is -2.35. The number of nitro benzene ring substituents is 1. The van der Waals surface area contributed by atoms with E-state index in [9.17, 15) is 26.9 Å². The van der Waals surface area contributed by atoms with Gasteiger partial charge in [-0.15, -0.1) is 0 Å². The molecule has 2 aromatic rings. The minimum atomic E-state index is -4.06. The summed E-state index contributed by atoms with van der Waals surface area (Å²) in [5.74, 6) is 0. The summed E-state index contributed by atoms with van der Waals surface area (Å²) in [7, 11) is -7.73. The zero-order chi connectivity index (χ0) is 26.3. The molecule has 2 aromatic carbocycles. The van der Waals surface area contributed by atoms with Crippen molar-refractivity contribution in [3.05, 3.63) is 64.2 Å². The molecule has 36 heavy (non-hydrogen) atoms. The predicted octanol–water partition coefficient (Wildman–Crippen LogP) is 2.29. The highest BCUT2D eigenvalue weighted by molar-refractivity contribution is 7.89. The van der Waals surface area contributed by atoms with Crippen LogP contribution in [0, 0.1) is 10.1 Å². The molecular weight excluding hydrogens is 508 g/mol. The van der Waals surface area contributed by atoms with Gasteiger partial charge in [-0.25, -0.2) is 8.42 Å². The largest absolute Gasteiger partial charge is 0.368 e. The fourth-order valence-corrected chi connectivity index (χ4v) is 6.14. The van der Waals surface area contributed by atoms with Gasteiger partial charge in [0.05, 0.1) is 23.5 Å². The molecule has 3 rings (SSSR count). The van der Waals surface area contributed by atoms with Gasteiger partial charge >= 0.3 is 0 Å². The topological polar surface area (TPSA) is 130 Å². The van der Waals surface area contributed by atoms with Gasteiger partial charge in [0, 0.05) is 57.9 Å². The lowest BCUT2D eigenvalue weighted by molar-refractivity contribution is -0.385. The molecule has 0 radical (unpaired) electrons. The van der Waals surface area contributed by atoms with Crippen molar-refractivity contribution >= 4 is 31.5 Å². The summed E-state index contributed by atoms with van der Waals surface area (Å²) in [6, 6.07) is 13.7. The Morgan fingerprint density at radius 1 is 1.00 bits per heavy atom. The average Bonchev–Trinajstić information content (AvgIpc) is 2.83. The van der Waals surface area contributed by atoms with Crippen LogP contribution in [-0.2, 0) is 30.9 Å². The molecule has 1 saturated heterocycles. The van der Waals surface area contributed by atoms with Crippen molar-refractivity contribution in [2.24, 2.45) is 0 Å². The van der Waals surface area contributed by atoms with Crippen LogP contribution in [0.2, 0.25) is 0 Å². The first-order valence-corrected chi connectivity index (χ1v) is 14.9. The van der Waals surface area contributed by atoms with Gasteiger partial charge in [0.15, 0.2) is 0 Å². The highest BCUT2D eigenvalue weighted by atomic mass is 32.2.